The smallest absolute Gasteiger partial charge is 0.253 e. The molecule has 0 aromatic carbocycles. The lowest BCUT2D eigenvalue weighted by Crippen LogP contribution is -1.94. The van der Waals surface area contributed by atoms with Crippen LogP contribution < -0.4 is 0 Å². The first-order valence-corrected chi connectivity index (χ1v) is 1.55. The summed E-state index contributed by atoms with van der Waals surface area (Å²) in [5.74, 6) is 0. The van der Waals surface area contributed by atoms with Gasteiger partial charge in [0.25, 0.3) is 6.21 Å². The van der Waals surface area contributed by atoms with Crippen molar-refractivity contribution in [2.75, 3.05) is 0 Å². The Morgan fingerprint density at radius 1 is 2.00 bits per heavy atom. The molecule has 0 amide bonds. The average Bonchev–Trinajstić information content (AvgIpc) is 1.35. The summed E-state index contributed by atoms with van der Waals surface area (Å²) >= 11 is 0. The molecule has 0 aromatic heterocycles. The molecular weight excluding hydrogens is 82.0 g/mol. The SMILES string of the molecule is [CH2+]C/C=[N+](/[O-])O. The predicted octanol–water partition coefficient (Wildman–Crippen LogP) is 0.181. The molecule has 0 saturated carbocycles. The summed E-state index contributed by atoms with van der Waals surface area (Å²) in [5, 5.41) is 17.2. The number of rotatable bonds is 1. The van der Waals surface area contributed by atoms with Crippen molar-refractivity contribution >= 4 is 6.21 Å². The average molecular weight is 88.1 g/mol. The lowest BCUT2D eigenvalue weighted by molar-refractivity contribution is -0.723. The van der Waals surface area contributed by atoms with Gasteiger partial charge in [0.15, 0.2) is 6.42 Å². The van der Waals surface area contributed by atoms with E-state index in [9.17, 15) is 5.21 Å². The van der Waals surface area contributed by atoms with Crippen LogP contribution in [0.1, 0.15) is 6.42 Å². The summed E-state index contributed by atoms with van der Waals surface area (Å²) in [5.41, 5.74) is 0. The molecule has 0 aromatic rings. The summed E-state index contributed by atoms with van der Waals surface area (Å²) in [6.45, 7) is 3.27. The zero-order chi connectivity index (χ0) is 4.99. The first-order chi connectivity index (χ1) is 2.77. The quantitative estimate of drug-likeness (QED) is 0.163. The molecule has 6 heavy (non-hydrogen) atoms. The summed E-state index contributed by atoms with van der Waals surface area (Å²) < 4.78 is 0. The third-order valence-corrected chi connectivity index (χ3v) is 0.285. The highest BCUT2D eigenvalue weighted by atomic mass is 16.8. The van der Waals surface area contributed by atoms with Crippen LogP contribution >= 0.6 is 0 Å². The lowest BCUT2D eigenvalue weighted by atomic mass is 10.6. The topological polar surface area (TPSA) is 46.3 Å². The second kappa shape index (κ2) is 2.38. The van der Waals surface area contributed by atoms with Gasteiger partial charge in [-0.2, -0.15) is 0 Å². The molecule has 0 atom stereocenters. The van der Waals surface area contributed by atoms with Gasteiger partial charge >= 0.3 is 0 Å². The summed E-state index contributed by atoms with van der Waals surface area (Å²) in [6, 6.07) is 0. The molecule has 0 unspecified atom stereocenters. The van der Waals surface area contributed by atoms with Gasteiger partial charge in [-0.1, -0.05) is 0 Å². The van der Waals surface area contributed by atoms with E-state index in [1.54, 1.807) is 0 Å². The Balaban J connectivity index is 3.14. The third-order valence-electron chi connectivity index (χ3n) is 0.285. The monoisotopic (exact) mass is 88.0 g/mol. The molecule has 0 heterocycles. The van der Waals surface area contributed by atoms with Gasteiger partial charge in [-0.3, -0.25) is 5.21 Å². The molecule has 3 nitrogen and oxygen atoms in total. The van der Waals surface area contributed by atoms with Gasteiger partial charge in [-0.15, -0.1) is 0 Å². The van der Waals surface area contributed by atoms with E-state index in [0.29, 0.717) is 6.42 Å². The maximum Gasteiger partial charge on any atom is 0.253 e. The van der Waals surface area contributed by atoms with Crippen molar-refractivity contribution in [3.05, 3.63) is 12.1 Å². The van der Waals surface area contributed by atoms with Gasteiger partial charge in [0.1, 0.15) is 0 Å². The van der Waals surface area contributed by atoms with E-state index in [2.05, 4.69) is 6.92 Å². The molecule has 0 saturated heterocycles. The molecule has 1 N–H and O–H groups in total. The molecule has 0 bridgehead atoms. The van der Waals surface area contributed by atoms with Crippen LogP contribution in [0.3, 0.4) is 0 Å². The minimum absolute atomic E-state index is 0.257. The summed E-state index contributed by atoms with van der Waals surface area (Å²) in [7, 11) is 0. The largest absolute Gasteiger partial charge is 0.418 e. The highest BCUT2D eigenvalue weighted by molar-refractivity contribution is 5.51. The van der Waals surface area contributed by atoms with Crippen LogP contribution in [0, 0.1) is 12.1 Å². The summed E-state index contributed by atoms with van der Waals surface area (Å²) in [4.78, 5) is -0.257. The molecule has 0 rings (SSSR count). The fourth-order valence-electron chi connectivity index (χ4n) is 0.110. The van der Waals surface area contributed by atoms with Gasteiger partial charge in [-0.25, -0.2) is 0 Å². The van der Waals surface area contributed by atoms with E-state index in [0.717, 1.165) is 6.21 Å². The number of hydrogen-bond acceptors (Lipinski definition) is 2. The van der Waals surface area contributed by atoms with Crippen molar-refractivity contribution < 1.29 is 10.1 Å². The van der Waals surface area contributed by atoms with Crippen molar-refractivity contribution in [2.45, 2.75) is 6.42 Å². The summed E-state index contributed by atoms with van der Waals surface area (Å²) in [6.07, 6.45) is 1.33. The second-order valence-electron chi connectivity index (χ2n) is 0.774. The van der Waals surface area contributed by atoms with E-state index >= 15 is 0 Å². The van der Waals surface area contributed by atoms with Crippen LogP contribution in [0.15, 0.2) is 0 Å². The Bertz CT molecular complexity index is 55.8. The van der Waals surface area contributed by atoms with E-state index in [1.807, 2.05) is 0 Å². The molecule has 0 aliphatic heterocycles. The minimum atomic E-state index is -0.257. The zero-order valence-electron chi connectivity index (χ0n) is 3.29. The Morgan fingerprint density at radius 2 is 2.50 bits per heavy atom. The van der Waals surface area contributed by atoms with Gasteiger partial charge in [-0.05, 0) is 0 Å². The predicted molar refractivity (Wildman–Crippen MR) is 21.5 cm³/mol. The Morgan fingerprint density at radius 3 is 2.50 bits per heavy atom. The highest BCUT2D eigenvalue weighted by Gasteiger charge is 1.80. The van der Waals surface area contributed by atoms with E-state index in [4.69, 9.17) is 5.21 Å². The van der Waals surface area contributed by atoms with Gasteiger partial charge < -0.3 is 5.21 Å². The molecule has 0 aliphatic rings. The van der Waals surface area contributed by atoms with Crippen molar-refractivity contribution in [1.82, 2.24) is 0 Å². The lowest BCUT2D eigenvalue weighted by Gasteiger charge is -1.76. The first-order valence-electron chi connectivity index (χ1n) is 1.55. The fraction of sp³-hybridized carbons (Fsp3) is 0.333. The van der Waals surface area contributed by atoms with Crippen LogP contribution in [0.25, 0.3) is 0 Å². The maximum absolute atomic E-state index is 9.42. The molecule has 0 aliphatic carbocycles. The van der Waals surface area contributed by atoms with Crippen molar-refractivity contribution in [1.29, 1.82) is 0 Å². The van der Waals surface area contributed by atoms with Crippen LogP contribution in [-0.4, -0.2) is 16.3 Å². The van der Waals surface area contributed by atoms with Gasteiger partial charge in [0.2, 0.25) is 0 Å². The molecule has 0 radical (unpaired) electrons. The van der Waals surface area contributed by atoms with E-state index < -0.39 is 0 Å². The van der Waals surface area contributed by atoms with Crippen LogP contribution in [0.2, 0.25) is 0 Å². The molecule has 34 valence electrons. The normalized spacial score (nSPS) is 11.7. The standard InChI is InChI=1S/C3H6NO2/c1-2-3-4(5)6/h3H,1-2H2,(H,5,6)/q+1. The Labute approximate surface area is 36.1 Å². The van der Waals surface area contributed by atoms with E-state index in [1.165, 1.54) is 0 Å². The fourth-order valence-corrected chi connectivity index (χ4v) is 0.110. The number of hydrogen-bond donors (Lipinski definition) is 1. The minimum Gasteiger partial charge on any atom is -0.418 e. The van der Waals surface area contributed by atoms with Crippen molar-refractivity contribution in [2.24, 2.45) is 0 Å². The van der Waals surface area contributed by atoms with E-state index in [-0.39, 0.29) is 4.90 Å². The molecular formula is C3H6NO2+. The van der Waals surface area contributed by atoms with Gasteiger partial charge in [0, 0.05) is 4.90 Å². The van der Waals surface area contributed by atoms with Crippen molar-refractivity contribution in [3.63, 3.8) is 0 Å². The van der Waals surface area contributed by atoms with Crippen molar-refractivity contribution in [3.8, 4) is 0 Å². The zero-order valence-corrected chi connectivity index (χ0v) is 3.29. The maximum atomic E-state index is 9.42. The molecule has 0 spiro atoms. The highest BCUT2D eigenvalue weighted by Crippen LogP contribution is 1.61. The third kappa shape index (κ3) is 3.14. The van der Waals surface area contributed by atoms with Crippen LogP contribution in [0.5, 0.6) is 0 Å². The second-order valence-corrected chi connectivity index (χ2v) is 0.774. The van der Waals surface area contributed by atoms with Gasteiger partial charge in [0.05, 0.1) is 6.92 Å². The Hall–Kier alpha value is -0.860. The number of nitrogens with zero attached hydrogens (tertiary/aromatic N) is 1. The molecule has 0 fully saturated rings. The van der Waals surface area contributed by atoms with Crippen LogP contribution in [-0.2, 0) is 0 Å². The van der Waals surface area contributed by atoms with Crippen LogP contribution in [0.4, 0.5) is 0 Å². The Kier molecular flexibility index (Phi) is 2.04. The first kappa shape index (κ1) is 5.14. The molecule has 3 heteroatoms.